The summed E-state index contributed by atoms with van der Waals surface area (Å²) in [4.78, 5) is 4.03. The van der Waals surface area contributed by atoms with Crippen molar-refractivity contribution >= 4 is 5.84 Å². The van der Waals surface area contributed by atoms with E-state index < -0.39 is 17.8 Å². The molecule has 2 nitrogen and oxygen atoms in total. The van der Waals surface area contributed by atoms with Gasteiger partial charge in [-0.2, -0.15) is 13.2 Å². The summed E-state index contributed by atoms with van der Waals surface area (Å²) < 4.78 is 38.2. The molecule has 0 radical (unpaired) electrons. The van der Waals surface area contributed by atoms with E-state index in [9.17, 15) is 13.2 Å². The predicted octanol–water partition coefficient (Wildman–Crippen LogP) is 2.90. The van der Waals surface area contributed by atoms with Crippen LogP contribution in [0.25, 0.3) is 0 Å². The van der Waals surface area contributed by atoms with Gasteiger partial charge in [0.1, 0.15) is 0 Å². The number of nitrogens with two attached hydrogens (primary N) is 1. The number of benzene rings is 1. The molecule has 5 heteroatoms. The molecular weight excluding hydrogens is 217 g/mol. The minimum Gasteiger partial charge on any atom is -0.387 e. The Morgan fingerprint density at radius 1 is 1.25 bits per heavy atom. The van der Waals surface area contributed by atoms with Gasteiger partial charge in [0, 0.05) is 6.42 Å². The number of alkyl halides is 3. The van der Waals surface area contributed by atoms with E-state index in [2.05, 4.69) is 4.99 Å². The zero-order valence-corrected chi connectivity index (χ0v) is 8.46. The Morgan fingerprint density at radius 2 is 1.94 bits per heavy atom. The third kappa shape index (κ3) is 2.03. The molecule has 0 bridgehead atoms. The minimum absolute atomic E-state index is 0.218. The third-order valence-electron chi connectivity index (χ3n) is 2.62. The van der Waals surface area contributed by atoms with Crippen LogP contribution in [0.2, 0.25) is 0 Å². The van der Waals surface area contributed by atoms with Crippen molar-refractivity contribution in [2.24, 2.45) is 10.7 Å². The van der Waals surface area contributed by atoms with Crippen LogP contribution in [0.4, 0.5) is 13.2 Å². The van der Waals surface area contributed by atoms with E-state index in [0.717, 1.165) is 6.07 Å². The average Bonchev–Trinajstić information content (AvgIpc) is 2.64. The van der Waals surface area contributed by atoms with Crippen LogP contribution >= 0.6 is 0 Å². The number of halogens is 3. The Hall–Kier alpha value is -1.52. The Balaban J connectivity index is 2.41. The molecule has 0 unspecified atom stereocenters. The fourth-order valence-electron chi connectivity index (χ4n) is 1.88. The van der Waals surface area contributed by atoms with Crippen LogP contribution in [-0.4, -0.2) is 5.84 Å². The van der Waals surface area contributed by atoms with Gasteiger partial charge in [0.15, 0.2) is 0 Å². The van der Waals surface area contributed by atoms with E-state index in [1.54, 1.807) is 6.07 Å². The number of hydrogen-bond acceptors (Lipinski definition) is 2. The lowest BCUT2D eigenvalue weighted by Gasteiger charge is -2.15. The summed E-state index contributed by atoms with van der Waals surface area (Å²) in [7, 11) is 0. The second kappa shape index (κ2) is 3.81. The first-order valence-electron chi connectivity index (χ1n) is 4.97. The molecular formula is C11H11F3N2. The van der Waals surface area contributed by atoms with Gasteiger partial charge >= 0.3 is 6.18 Å². The maximum Gasteiger partial charge on any atom is 0.416 e. The Bertz CT molecular complexity index is 423. The highest BCUT2D eigenvalue weighted by molar-refractivity contribution is 5.82. The topological polar surface area (TPSA) is 38.4 Å². The Labute approximate surface area is 91.0 Å². The number of aliphatic imine (C=N–C) groups is 1. The standard InChI is InChI=1S/C11H11F3N2/c12-11(13,14)8-4-2-1-3-7(8)9-5-6-10(15)16-9/h1-4,9H,5-6H2,(H2,15,16)/t9-/m1/s1. The van der Waals surface area contributed by atoms with Crippen LogP contribution in [0.15, 0.2) is 29.3 Å². The third-order valence-corrected chi connectivity index (χ3v) is 2.62. The van der Waals surface area contributed by atoms with Crippen molar-refractivity contribution in [3.8, 4) is 0 Å². The van der Waals surface area contributed by atoms with Gasteiger partial charge in [-0.15, -0.1) is 0 Å². The van der Waals surface area contributed by atoms with E-state index in [1.807, 2.05) is 0 Å². The van der Waals surface area contributed by atoms with Crippen LogP contribution in [0, 0.1) is 0 Å². The molecule has 0 aliphatic carbocycles. The van der Waals surface area contributed by atoms with Crippen LogP contribution in [-0.2, 0) is 6.18 Å². The normalized spacial score (nSPS) is 20.9. The molecule has 1 aromatic rings. The van der Waals surface area contributed by atoms with Gasteiger partial charge < -0.3 is 5.73 Å². The van der Waals surface area contributed by atoms with E-state index in [-0.39, 0.29) is 5.56 Å². The maximum absolute atomic E-state index is 12.7. The van der Waals surface area contributed by atoms with Crippen molar-refractivity contribution in [1.82, 2.24) is 0 Å². The molecule has 86 valence electrons. The minimum atomic E-state index is -4.33. The van der Waals surface area contributed by atoms with Crippen LogP contribution in [0.1, 0.15) is 30.0 Å². The first-order chi connectivity index (χ1) is 7.48. The van der Waals surface area contributed by atoms with Crippen molar-refractivity contribution < 1.29 is 13.2 Å². The highest BCUT2D eigenvalue weighted by Gasteiger charge is 2.35. The number of amidine groups is 1. The van der Waals surface area contributed by atoms with E-state index in [1.165, 1.54) is 12.1 Å². The fourth-order valence-corrected chi connectivity index (χ4v) is 1.88. The predicted molar refractivity (Wildman–Crippen MR) is 55.0 cm³/mol. The molecule has 1 aliphatic heterocycles. The summed E-state index contributed by atoms with van der Waals surface area (Å²) in [5.74, 6) is 0.432. The quantitative estimate of drug-likeness (QED) is 0.788. The van der Waals surface area contributed by atoms with Crippen LogP contribution in [0.3, 0.4) is 0 Å². The number of rotatable bonds is 1. The lowest BCUT2D eigenvalue weighted by molar-refractivity contribution is -0.138. The first-order valence-corrected chi connectivity index (χ1v) is 4.97. The summed E-state index contributed by atoms with van der Waals surface area (Å²) in [6, 6.07) is 5.08. The van der Waals surface area contributed by atoms with E-state index in [4.69, 9.17) is 5.73 Å². The highest BCUT2D eigenvalue weighted by Crippen LogP contribution is 2.38. The zero-order chi connectivity index (χ0) is 11.8. The molecule has 16 heavy (non-hydrogen) atoms. The van der Waals surface area contributed by atoms with E-state index >= 15 is 0 Å². The summed E-state index contributed by atoms with van der Waals surface area (Å²) in [6.45, 7) is 0. The molecule has 1 aliphatic rings. The van der Waals surface area contributed by atoms with E-state index in [0.29, 0.717) is 18.7 Å². The highest BCUT2D eigenvalue weighted by atomic mass is 19.4. The summed E-state index contributed by atoms with van der Waals surface area (Å²) in [6.07, 6.45) is -3.21. The van der Waals surface area contributed by atoms with Gasteiger partial charge in [-0.3, -0.25) is 4.99 Å². The lowest BCUT2D eigenvalue weighted by Crippen LogP contribution is -2.10. The molecule has 0 saturated carbocycles. The summed E-state index contributed by atoms with van der Waals surface area (Å²) in [5, 5.41) is 0. The molecule has 1 aromatic carbocycles. The molecule has 0 spiro atoms. The Morgan fingerprint density at radius 3 is 2.50 bits per heavy atom. The zero-order valence-electron chi connectivity index (χ0n) is 8.46. The van der Waals surface area contributed by atoms with Gasteiger partial charge in [-0.1, -0.05) is 18.2 Å². The van der Waals surface area contributed by atoms with Crippen molar-refractivity contribution in [2.45, 2.75) is 25.1 Å². The van der Waals surface area contributed by atoms with Gasteiger partial charge in [0.05, 0.1) is 17.4 Å². The Kier molecular flexibility index (Phi) is 2.61. The van der Waals surface area contributed by atoms with Gasteiger partial charge in [0.25, 0.3) is 0 Å². The van der Waals surface area contributed by atoms with Crippen molar-refractivity contribution in [2.75, 3.05) is 0 Å². The summed E-state index contributed by atoms with van der Waals surface area (Å²) in [5.41, 5.74) is 5.10. The van der Waals surface area contributed by atoms with Gasteiger partial charge in [-0.25, -0.2) is 0 Å². The molecule has 0 fully saturated rings. The molecule has 1 atom stereocenters. The van der Waals surface area contributed by atoms with Crippen molar-refractivity contribution in [1.29, 1.82) is 0 Å². The molecule has 2 N–H and O–H groups in total. The largest absolute Gasteiger partial charge is 0.416 e. The van der Waals surface area contributed by atoms with Crippen molar-refractivity contribution in [3.63, 3.8) is 0 Å². The van der Waals surface area contributed by atoms with Crippen LogP contribution in [0.5, 0.6) is 0 Å². The summed E-state index contributed by atoms with van der Waals surface area (Å²) >= 11 is 0. The molecule has 0 amide bonds. The molecule has 0 aromatic heterocycles. The maximum atomic E-state index is 12.7. The number of nitrogens with zero attached hydrogens (tertiary/aromatic N) is 1. The first kappa shape index (κ1) is 11.0. The molecule has 0 saturated heterocycles. The second-order valence-corrected chi connectivity index (χ2v) is 3.76. The molecule has 2 rings (SSSR count). The van der Waals surface area contributed by atoms with Crippen LogP contribution < -0.4 is 5.73 Å². The number of hydrogen-bond donors (Lipinski definition) is 1. The lowest BCUT2D eigenvalue weighted by atomic mass is 9.98. The monoisotopic (exact) mass is 228 g/mol. The second-order valence-electron chi connectivity index (χ2n) is 3.76. The van der Waals surface area contributed by atoms with Gasteiger partial charge in [-0.05, 0) is 18.1 Å². The van der Waals surface area contributed by atoms with Gasteiger partial charge in [0.2, 0.25) is 0 Å². The molecule has 1 heterocycles. The fraction of sp³-hybridized carbons (Fsp3) is 0.364. The average molecular weight is 228 g/mol. The van der Waals surface area contributed by atoms with Crippen molar-refractivity contribution in [3.05, 3.63) is 35.4 Å². The smallest absolute Gasteiger partial charge is 0.387 e. The SMILES string of the molecule is NC1=N[C@@H](c2ccccc2C(F)(F)F)CC1.